The molecule has 0 aliphatic rings. The molecular formula is C7H6N3ORf-. The quantitative estimate of drug-likeness (QED) is 0.604. The Bertz CT molecular complexity index is 362. The van der Waals surface area contributed by atoms with E-state index < -0.39 is 0 Å². The first-order valence-electron chi connectivity index (χ1n) is 3.26. The number of aryl methyl sites for hydroxylation is 2. The van der Waals surface area contributed by atoms with E-state index in [1.807, 2.05) is 13.8 Å². The van der Waals surface area contributed by atoms with E-state index in [2.05, 4.69) is 26.1 Å². The van der Waals surface area contributed by atoms with Gasteiger partial charge in [0, 0.05) is 11.0 Å². The van der Waals surface area contributed by atoms with E-state index in [4.69, 9.17) is 0 Å². The fourth-order valence-corrected chi connectivity index (χ4v) is 0.946. The number of hydrogen-bond donors (Lipinski definition) is 0. The summed E-state index contributed by atoms with van der Waals surface area (Å²) in [6, 6.07) is 0. The molecule has 58 valence electrons. The van der Waals surface area contributed by atoms with Gasteiger partial charge < -0.3 is 4.98 Å². The number of hydrogen-bond acceptors (Lipinski definition) is 4. The van der Waals surface area contributed by atoms with Gasteiger partial charge in [-0.2, -0.15) is 0 Å². The summed E-state index contributed by atoms with van der Waals surface area (Å²) in [6.45, 7) is 3.72. The van der Waals surface area contributed by atoms with Gasteiger partial charge in [0.05, 0.1) is 0 Å². The minimum atomic E-state index is 0. The molecule has 0 radical (unpaired) electrons. The van der Waals surface area contributed by atoms with Crippen molar-refractivity contribution in [2.75, 3.05) is 0 Å². The topological polar surface area (TPSA) is 51.8 Å². The van der Waals surface area contributed by atoms with Crippen LogP contribution in [0.4, 0.5) is 0 Å². The van der Waals surface area contributed by atoms with Crippen LogP contribution < -0.4 is 0 Å². The molecule has 0 aliphatic carbocycles. The Balaban J connectivity index is 0.000000720. The summed E-state index contributed by atoms with van der Waals surface area (Å²) in [4.78, 5) is 3.99. The zero-order valence-electron chi connectivity index (χ0n) is 6.96. The Kier molecular flexibility index (Phi) is 1.47. The molecule has 0 saturated carbocycles. The van der Waals surface area contributed by atoms with Crippen molar-refractivity contribution in [1.29, 1.82) is 0 Å². The molecule has 0 unspecified atom stereocenters. The molecule has 0 aromatic carbocycles. The van der Waals surface area contributed by atoms with Gasteiger partial charge >= 0.3 is 0 Å². The Morgan fingerprint density at radius 2 is 1.83 bits per heavy atom. The molecule has 0 aliphatic heterocycles. The van der Waals surface area contributed by atoms with Gasteiger partial charge in [-0.3, -0.25) is 4.63 Å². The molecule has 0 saturated heterocycles. The zero-order valence-corrected chi connectivity index (χ0v) is 13.4. The molecule has 0 amide bonds. The van der Waals surface area contributed by atoms with Crippen molar-refractivity contribution in [2.24, 2.45) is 0 Å². The van der Waals surface area contributed by atoms with Gasteiger partial charge in [-0.05, 0) is 5.69 Å². The Morgan fingerprint density at radius 3 is 2.50 bits per heavy atom. The average Bonchev–Trinajstić information content (AvgIpc) is 2.45. The van der Waals surface area contributed by atoms with Crippen LogP contribution in [0.1, 0.15) is 11.3 Å². The van der Waals surface area contributed by atoms with E-state index in [1.165, 1.54) is 0 Å². The maximum atomic E-state index is 4.57. The molecule has 5 heteroatoms. The number of nitrogens with zero attached hydrogens (tertiary/aromatic N) is 3. The third-order valence-corrected chi connectivity index (χ3v) is 1.58. The summed E-state index contributed by atoms with van der Waals surface area (Å²) in [5.41, 5.74) is 3.14. The second kappa shape index (κ2) is 2.30. The molecule has 4 nitrogen and oxygen atoms in total. The third kappa shape index (κ3) is 0.767. The number of rotatable bonds is 0. The molecular weight excluding hydrogens is 409 g/mol. The number of pyridine rings is 1. The zero-order chi connectivity index (χ0) is 7.84. The van der Waals surface area contributed by atoms with Crippen LogP contribution in [0, 0.1) is 20.0 Å². The molecule has 12 heavy (non-hydrogen) atoms. The summed E-state index contributed by atoms with van der Waals surface area (Å²) in [5.74, 6) is 0. The van der Waals surface area contributed by atoms with Gasteiger partial charge in [0.1, 0.15) is 0 Å². The van der Waals surface area contributed by atoms with Crippen LogP contribution in [0.3, 0.4) is 0 Å². The molecule has 2 aromatic heterocycles. The van der Waals surface area contributed by atoms with Gasteiger partial charge in [0.15, 0.2) is 0 Å². The summed E-state index contributed by atoms with van der Waals surface area (Å²) in [7, 11) is 0. The smallest absolute Gasteiger partial charge is 0.0466 e. The van der Waals surface area contributed by atoms with Crippen LogP contribution >= 0.6 is 0 Å². The fourth-order valence-electron chi connectivity index (χ4n) is 0.946. The van der Waals surface area contributed by atoms with Crippen LogP contribution in [-0.4, -0.2) is 15.3 Å². The van der Waals surface area contributed by atoms with Crippen molar-refractivity contribution in [3.8, 4) is 0 Å². The Morgan fingerprint density at radius 1 is 1.17 bits per heavy atom. The number of aromatic nitrogens is 3. The van der Waals surface area contributed by atoms with Gasteiger partial charge in [-0.15, -0.1) is 10.7 Å². The SMILES string of the molecule is Cc1[c-]nc(C)c2nonc12.[Rf]. The van der Waals surface area contributed by atoms with Gasteiger partial charge in [-0.1, -0.05) is 25.2 Å². The second-order valence-corrected chi connectivity index (χ2v) is 2.40. The van der Waals surface area contributed by atoms with Gasteiger partial charge in [-0.25, -0.2) is 0 Å². The minimum Gasteiger partial charge on any atom is -0.389 e. The first-order valence-corrected chi connectivity index (χ1v) is 3.26. The van der Waals surface area contributed by atoms with Gasteiger partial charge in [0.2, 0.25) is 0 Å². The molecule has 0 bridgehead atoms. The standard InChI is InChI=1S/C7H6N3O.Rf/c1-4-3-8-5(2)7-6(4)9-11-10-7;/h1-2H3;/q-1;. The Hall–Kier alpha value is -2.45. The van der Waals surface area contributed by atoms with Crippen LogP contribution in [0.15, 0.2) is 4.63 Å². The monoisotopic (exact) mass is 415 g/mol. The van der Waals surface area contributed by atoms with Crippen LogP contribution in [0.25, 0.3) is 11.0 Å². The maximum absolute atomic E-state index is 4.57. The predicted molar refractivity (Wildman–Crippen MR) is 37.9 cm³/mol. The molecule has 0 fully saturated rings. The normalized spacial score (nSPS) is 9.83. The van der Waals surface area contributed by atoms with Crippen molar-refractivity contribution in [3.63, 3.8) is 0 Å². The molecule has 0 N–H and O–H groups in total. The van der Waals surface area contributed by atoms with Crippen LogP contribution in [0.2, 0.25) is 0 Å². The third-order valence-electron chi connectivity index (χ3n) is 1.58. The van der Waals surface area contributed by atoms with Crippen molar-refractivity contribution in [1.82, 2.24) is 15.3 Å². The maximum Gasteiger partial charge on any atom is 0.0466 e. The molecule has 2 aromatic rings. The van der Waals surface area contributed by atoms with Crippen molar-refractivity contribution < 1.29 is 4.63 Å². The van der Waals surface area contributed by atoms with Gasteiger partial charge in [0.25, 0.3) is 0 Å². The van der Waals surface area contributed by atoms with Crippen LogP contribution in [-0.2, 0) is 0 Å². The molecule has 0 spiro atoms. The van der Waals surface area contributed by atoms with E-state index in [1.54, 1.807) is 0 Å². The Labute approximate surface area is 63.2 Å². The summed E-state index contributed by atoms with van der Waals surface area (Å²) in [6.07, 6.45) is 2.82. The van der Waals surface area contributed by atoms with Crippen molar-refractivity contribution in [2.45, 2.75) is 13.8 Å². The molecule has 0 atom stereocenters. The van der Waals surface area contributed by atoms with E-state index >= 15 is 0 Å². The van der Waals surface area contributed by atoms with E-state index in [0.717, 1.165) is 22.3 Å². The minimum absolute atomic E-state index is 0. The fraction of sp³-hybridized carbons (Fsp3) is 0.286. The van der Waals surface area contributed by atoms with E-state index in [9.17, 15) is 0 Å². The first kappa shape index (κ1) is 7.65. The summed E-state index contributed by atoms with van der Waals surface area (Å²) >= 11 is 0. The first-order chi connectivity index (χ1) is 5.29. The molecule has 2 rings (SSSR count). The van der Waals surface area contributed by atoms with Crippen molar-refractivity contribution in [3.05, 3.63) is 17.5 Å². The molecule has 2 heterocycles. The predicted octanol–water partition coefficient (Wildman–Crippen LogP) is 1.03. The number of fused-ring (bicyclic) bond motifs is 1. The second-order valence-electron chi connectivity index (χ2n) is 2.40. The summed E-state index contributed by atoms with van der Waals surface area (Å²) in [5, 5.41) is 7.43. The van der Waals surface area contributed by atoms with E-state index in [0.29, 0.717) is 0 Å². The van der Waals surface area contributed by atoms with E-state index in [-0.39, 0.29) is 0 Å². The largest absolute Gasteiger partial charge is 0.389 e. The average molecular weight is 415 g/mol. The van der Waals surface area contributed by atoms with Crippen molar-refractivity contribution >= 4 is 11.0 Å². The summed E-state index contributed by atoms with van der Waals surface area (Å²) < 4.78 is 4.57. The van der Waals surface area contributed by atoms with Crippen LogP contribution in [0.5, 0.6) is 0 Å².